The molecule has 0 aliphatic carbocycles. The Balaban J connectivity index is 2.31. The van der Waals surface area contributed by atoms with Gasteiger partial charge in [0, 0.05) is 18.2 Å². The van der Waals surface area contributed by atoms with Crippen LogP contribution in [0, 0.1) is 0 Å². The zero-order chi connectivity index (χ0) is 14.0. The van der Waals surface area contributed by atoms with Crippen LogP contribution < -0.4 is 4.89 Å². The molecular weight excluding hydrogens is 261 g/mol. The fourth-order valence-corrected chi connectivity index (χ4v) is 5.14. The molecule has 0 spiro atoms. The molecule has 106 valence electrons. The second-order valence-corrected chi connectivity index (χ2v) is 7.65. The summed E-state index contributed by atoms with van der Waals surface area (Å²) in [5.74, 6) is -1.08. The van der Waals surface area contributed by atoms with E-state index in [1.807, 2.05) is 43.6 Å². The van der Waals surface area contributed by atoms with Crippen LogP contribution in [-0.4, -0.2) is 28.5 Å². The molecule has 1 aromatic carbocycles. The lowest BCUT2D eigenvalue weighted by molar-refractivity contribution is -0.227. The first kappa shape index (κ1) is 14.9. The van der Waals surface area contributed by atoms with Crippen molar-refractivity contribution in [1.82, 2.24) is 4.67 Å². The Morgan fingerprint density at radius 3 is 2.58 bits per heavy atom. The Morgan fingerprint density at radius 1 is 1.37 bits per heavy atom. The summed E-state index contributed by atoms with van der Waals surface area (Å²) >= 11 is 0. The lowest BCUT2D eigenvalue weighted by atomic mass is 10.2. The van der Waals surface area contributed by atoms with E-state index in [2.05, 4.69) is 0 Å². The maximum absolute atomic E-state index is 13.2. The first-order chi connectivity index (χ1) is 8.95. The van der Waals surface area contributed by atoms with Crippen LogP contribution in [0.5, 0.6) is 0 Å². The number of aliphatic hydroxyl groups excluding tert-OH is 1. The molecule has 2 unspecified atom stereocenters. The van der Waals surface area contributed by atoms with E-state index in [0.717, 1.165) is 6.42 Å². The molecule has 4 nitrogen and oxygen atoms in total. The molecule has 5 heteroatoms. The predicted molar refractivity (Wildman–Crippen MR) is 75.3 cm³/mol. The zero-order valence-electron chi connectivity index (χ0n) is 11.7. The van der Waals surface area contributed by atoms with Gasteiger partial charge in [0.1, 0.15) is 6.10 Å². The zero-order valence-corrected chi connectivity index (χ0v) is 12.6. The van der Waals surface area contributed by atoms with Crippen LogP contribution >= 0.6 is 7.87 Å². The van der Waals surface area contributed by atoms with Crippen LogP contribution in [0.3, 0.4) is 0 Å². The minimum atomic E-state index is -3.26. The highest BCUT2D eigenvalue weighted by atomic mass is 31.2. The van der Waals surface area contributed by atoms with Gasteiger partial charge in [-0.05, 0) is 27.2 Å². The highest BCUT2D eigenvalue weighted by Crippen LogP contribution is 2.68. The molecule has 1 aliphatic rings. The molecule has 0 saturated carbocycles. The van der Waals surface area contributed by atoms with Crippen molar-refractivity contribution in [2.45, 2.75) is 45.2 Å². The average molecular weight is 283 g/mol. The maximum Gasteiger partial charge on any atom is 0.229 e. The number of nitrogens with zero attached hydrogens (tertiary/aromatic N) is 1. The first-order valence-corrected chi connectivity index (χ1v) is 8.38. The van der Waals surface area contributed by atoms with Gasteiger partial charge in [0.15, 0.2) is 0 Å². The summed E-state index contributed by atoms with van der Waals surface area (Å²) in [7, 11) is -3.26. The van der Waals surface area contributed by atoms with Crippen LogP contribution in [0.1, 0.15) is 38.6 Å². The van der Waals surface area contributed by atoms with Gasteiger partial charge >= 0.3 is 0 Å². The molecule has 0 aromatic heterocycles. The summed E-state index contributed by atoms with van der Waals surface area (Å²) in [6.07, 6.45) is 0.753. The van der Waals surface area contributed by atoms with Gasteiger partial charge in [-0.15, -0.1) is 0 Å². The van der Waals surface area contributed by atoms with E-state index in [4.69, 9.17) is 4.52 Å². The second kappa shape index (κ2) is 5.86. The summed E-state index contributed by atoms with van der Waals surface area (Å²) in [4.78, 5) is 13.2. The highest BCUT2D eigenvalue weighted by molar-refractivity contribution is 7.62. The molecule has 0 radical (unpaired) electrons. The van der Waals surface area contributed by atoms with E-state index >= 15 is 0 Å². The quantitative estimate of drug-likeness (QED) is 0.865. The van der Waals surface area contributed by atoms with E-state index in [1.54, 1.807) is 12.1 Å². The highest BCUT2D eigenvalue weighted by Gasteiger charge is 2.50. The Morgan fingerprint density at radius 2 is 2.00 bits per heavy atom. The summed E-state index contributed by atoms with van der Waals surface area (Å²) in [6, 6.07) is 9.18. The van der Waals surface area contributed by atoms with Crippen molar-refractivity contribution in [3.05, 3.63) is 35.9 Å². The van der Waals surface area contributed by atoms with E-state index in [-0.39, 0.29) is 12.1 Å². The molecule has 1 aromatic rings. The molecular formula is C14H22NO3P. The smallest absolute Gasteiger partial charge is 0.229 e. The third-order valence-corrected chi connectivity index (χ3v) is 6.41. The molecule has 2 rings (SSSR count). The van der Waals surface area contributed by atoms with Gasteiger partial charge in [-0.2, -0.15) is 4.67 Å². The lowest BCUT2D eigenvalue weighted by Gasteiger charge is -2.47. The fourth-order valence-electron chi connectivity index (χ4n) is 2.42. The van der Waals surface area contributed by atoms with E-state index in [0.29, 0.717) is 12.1 Å². The molecule has 1 heterocycles. The predicted octanol–water partition coefficient (Wildman–Crippen LogP) is 2.32. The van der Waals surface area contributed by atoms with Crippen molar-refractivity contribution in [2.75, 3.05) is 6.54 Å². The second-order valence-electron chi connectivity index (χ2n) is 5.31. The third-order valence-electron chi connectivity index (χ3n) is 3.46. The van der Waals surface area contributed by atoms with E-state index in [1.165, 1.54) is 0 Å². The van der Waals surface area contributed by atoms with Crippen LogP contribution in [0.25, 0.3) is 0 Å². The number of rotatable bonds is 3. The number of benzene rings is 1. The van der Waals surface area contributed by atoms with Crippen molar-refractivity contribution < 1.29 is 14.5 Å². The van der Waals surface area contributed by atoms with Gasteiger partial charge in [0.05, 0.1) is 0 Å². The molecule has 1 fully saturated rings. The molecule has 0 bridgehead atoms. The average Bonchev–Trinajstić information content (AvgIpc) is 2.38. The molecule has 3 atom stereocenters. The van der Waals surface area contributed by atoms with Crippen LogP contribution in [0.4, 0.5) is 0 Å². The normalized spacial score (nSPS) is 30.5. The fraction of sp³-hybridized carbons (Fsp3) is 0.571. The monoisotopic (exact) mass is 283 g/mol. The van der Waals surface area contributed by atoms with Gasteiger partial charge in [-0.25, -0.2) is 4.52 Å². The topological polar surface area (TPSA) is 55.8 Å². The third kappa shape index (κ3) is 2.99. The molecule has 1 N–H and O–H groups in total. The van der Waals surface area contributed by atoms with E-state index in [9.17, 15) is 10.00 Å². The van der Waals surface area contributed by atoms with E-state index < -0.39 is 13.7 Å². The van der Waals surface area contributed by atoms with Crippen molar-refractivity contribution in [1.29, 1.82) is 0 Å². The molecule has 1 aliphatic heterocycles. The van der Waals surface area contributed by atoms with Crippen LogP contribution in [0.15, 0.2) is 30.3 Å². The van der Waals surface area contributed by atoms with Gasteiger partial charge in [0.25, 0.3) is 0 Å². The maximum atomic E-state index is 13.2. The number of hydrogen-bond donors (Lipinski definition) is 1. The van der Waals surface area contributed by atoms with Crippen molar-refractivity contribution >= 4 is 7.87 Å². The van der Waals surface area contributed by atoms with Gasteiger partial charge in [-0.1, -0.05) is 30.3 Å². The largest absolute Gasteiger partial charge is 0.639 e. The Labute approximate surface area is 115 Å². The summed E-state index contributed by atoms with van der Waals surface area (Å²) in [6.45, 7) is 6.55. The van der Waals surface area contributed by atoms with Crippen molar-refractivity contribution in [3.8, 4) is 0 Å². The Bertz CT molecular complexity index is 414. The molecule has 19 heavy (non-hydrogen) atoms. The summed E-state index contributed by atoms with van der Waals surface area (Å²) in [5.41, 5.74) is 0.644. The first-order valence-electron chi connectivity index (χ1n) is 6.73. The van der Waals surface area contributed by atoms with Crippen LogP contribution in [-0.2, 0) is 4.52 Å². The number of hydrogen-bond acceptors (Lipinski definition) is 4. The Hall–Kier alpha value is -0.510. The molecule has 1 saturated heterocycles. The lowest BCUT2D eigenvalue weighted by Crippen LogP contribution is -2.46. The standard InChI is InChI=1S/C14H22NO3P/c1-11(2)15-10-9-12(3)18-19(15,17)14(16)13-7-5-4-6-8-13/h4-8,11-12,14,16H,9-10H2,1-3H3/t12?,14-,19?/m0/s1. The van der Waals surface area contributed by atoms with Gasteiger partial charge < -0.3 is 10.00 Å². The van der Waals surface area contributed by atoms with Gasteiger partial charge in [-0.3, -0.25) is 0 Å². The van der Waals surface area contributed by atoms with Crippen LogP contribution in [0.2, 0.25) is 0 Å². The van der Waals surface area contributed by atoms with Crippen molar-refractivity contribution in [3.63, 3.8) is 0 Å². The Kier molecular flexibility index (Phi) is 4.59. The SMILES string of the molecule is CC1CCN(C(C)C)[P+]([O-])([C@H](O)c2ccccc2)O1. The summed E-state index contributed by atoms with van der Waals surface area (Å²) < 4.78 is 7.51. The summed E-state index contributed by atoms with van der Waals surface area (Å²) in [5, 5.41) is 10.5. The minimum absolute atomic E-state index is 0.0803. The van der Waals surface area contributed by atoms with Crippen molar-refractivity contribution in [2.24, 2.45) is 0 Å². The number of aliphatic hydroxyl groups is 1. The molecule has 0 amide bonds. The minimum Gasteiger partial charge on any atom is -0.639 e. The van der Waals surface area contributed by atoms with Gasteiger partial charge in [0.2, 0.25) is 13.7 Å².